The maximum atomic E-state index is 13.6. The minimum Gasteiger partial charge on any atom is -0.477 e. The van der Waals surface area contributed by atoms with Crippen LogP contribution in [-0.2, 0) is 11.2 Å². The second-order valence-electron chi connectivity index (χ2n) is 6.93. The van der Waals surface area contributed by atoms with E-state index in [1.807, 2.05) is 27.7 Å². The summed E-state index contributed by atoms with van der Waals surface area (Å²) in [5, 5.41) is 13.0. The quantitative estimate of drug-likeness (QED) is 0.877. The van der Waals surface area contributed by atoms with Gasteiger partial charge in [0, 0.05) is 23.9 Å². The fourth-order valence-corrected chi connectivity index (χ4v) is 2.81. The lowest BCUT2D eigenvalue weighted by Gasteiger charge is -2.33. The van der Waals surface area contributed by atoms with Gasteiger partial charge in [0.2, 0.25) is 0 Å². The highest BCUT2D eigenvalue weighted by Gasteiger charge is 2.34. The van der Waals surface area contributed by atoms with Crippen molar-refractivity contribution in [3.05, 3.63) is 29.6 Å². The number of amides is 1. The summed E-state index contributed by atoms with van der Waals surface area (Å²) in [7, 11) is 0. The standard InChI is InChI=1S/C17H24FNO3/c1-10(2)15(20)17(3,4)9-19-16(21)13-8-11-6-5-7-12(18)14(11)22-13/h5-7,10,13,15,20H,8-9H2,1-4H3,(H,19,21). The van der Waals surface area contributed by atoms with Gasteiger partial charge in [-0.2, -0.15) is 0 Å². The summed E-state index contributed by atoms with van der Waals surface area (Å²) >= 11 is 0. The minimum absolute atomic E-state index is 0.105. The Morgan fingerprint density at radius 2 is 2.18 bits per heavy atom. The number of nitrogens with one attached hydrogen (secondary N) is 1. The normalized spacial score (nSPS) is 18.8. The molecule has 0 bridgehead atoms. The van der Waals surface area contributed by atoms with E-state index in [1.165, 1.54) is 6.07 Å². The second kappa shape index (κ2) is 6.24. The highest BCUT2D eigenvalue weighted by atomic mass is 19.1. The van der Waals surface area contributed by atoms with Crippen molar-refractivity contribution in [1.29, 1.82) is 0 Å². The lowest BCUT2D eigenvalue weighted by Crippen LogP contribution is -2.47. The number of carbonyl (C=O) groups is 1. The number of ether oxygens (including phenoxy) is 1. The molecule has 4 nitrogen and oxygen atoms in total. The van der Waals surface area contributed by atoms with Crippen LogP contribution in [0.15, 0.2) is 18.2 Å². The third-order valence-corrected chi connectivity index (χ3v) is 4.16. The molecule has 0 saturated heterocycles. The third-order valence-electron chi connectivity index (χ3n) is 4.16. The van der Waals surface area contributed by atoms with Crippen LogP contribution in [0.5, 0.6) is 5.75 Å². The number of para-hydroxylation sites is 1. The summed E-state index contributed by atoms with van der Waals surface area (Å²) in [6, 6.07) is 4.69. The molecule has 2 N–H and O–H groups in total. The Kier molecular flexibility index (Phi) is 4.75. The summed E-state index contributed by atoms with van der Waals surface area (Å²) in [5.41, 5.74) is 0.266. The van der Waals surface area contributed by atoms with Crippen LogP contribution in [0.25, 0.3) is 0 Å². The maximum absolute atomic E-state index is 13.6. The van der Waals surface area contributed by atoms with Crippen molar-refractivity contribution in [2.45, 2.75) is 46.3 Å². The topological polar surface area (TPSA) is 58.6 Å². The van der Waals surface area contributed by atoms with Gasteiger partial charge in [0.05, 0.1) is 6.10 Å². The summed E-state index contributed by atoms with van der Waals surface area (Å²) < 4.78 is 19.0. The van der Waals surface area contributed by atoms with Crippen LogP contribution in [0.3, 0.4) is 0 Å². The molecule has 0 fully saturated rings. The number of benzene rings is 1. The first-order valence-electron chi connectivity index (χ1n) is 7.62. The Balaban J connectivity index is 1.94. The van der Waals surface area contributed by atoms with Crippen molar-refractivity contribution in [2.75, 3.05) is 6.54 Å². The van der Waals surface area contributed by atoms with Gasteiger partial charge in [0.1, 0.15) is 0 Å². The summed E-state index contributed by atoms with van der Waals surface area (Å²) in [4.78, 5) is 12.2. The zero-order chi connectivity index (χ0) is 16.5. The number of carbonyl (C=O) groups excluding carboxylic acids is 1. The lowest BCUT2D eigenvalue weighted by atomic mass is 9.80. The predicted molar refractivity (Wildman–Crippen MR) is 82.2 cm³/mol. The van der Waals surface area contributed by atoms with E-state index < -0.39 is 23.4 Å². The third kappa shape index (κ3) is 3.40. The van der Waals surface area contributed by atoms with E-state index >= 15 is 0 Å². The van der Waals surface area contributed by atoms with Crippen LogP contribution >= 0.6 is 0 Å². The molecular weight excluding hydrogens is 285 g/mol. The first-order valence-corrected chi connectivity index (χ1v) is 7.62. The van der Waals surface area contributed by atoms with E-state index in [4.69, 9.17) is 4.74 Å². The van der Waals surface area contributed by atoms with Crippen LogP contribution in [0.2, 0.25) is 0 Å². The first-order chi connectivity index (χ1) is 10.2. The zero-order valence-electron chi connectivity index (χ0n) is 13.5. The molecule has 0 saturated carbocycles. The monoisotopic (exact) mass is 309 g/mol. The fraction of sp³-hybridized carbons (Fsp3) is 0.588. The number of aliphatic hydroxyl groups is 1. The average molecular weight is 309 g/mol. The van der Waals surface area contributed by atoms with Crippen molar-refractivity contribution in [1.82, 2.24) is 5.32 Å². The molecule has 1 aliphatic rings. The molecule has 1 aromatic rings. The number of hydrogen-bond acceptors (Lipinski definition) is 3. The lowest BCUT2D eigenvalue weighted by molar-refractivity contribution is -0.128. The maximum Gasteiger partial charge on any atom is 0.261 e. The molecule has 0 spiro atoms. The van der Waals surface area contributed by atoms with Gasteiger partial charge in [-0.3, -0.25) is 4.79 Å². The molecule has 5 heteroatoms. The highest BCUT2D eigenvalue weighted by molar-refractivity contribution is 5.82. The Morgan fingerprint density at radius 1 is 1.50 bits per heavy atom. The SMILES string of the molecule is CC(C)C(O)C(C)(C)CNC(=O)C1Cc2cccc(F)c2O1. The molecule has 2 rings (SSSR count). The molecule has 2 unspecified atom stereocenters. The number of fused-ring (bicyclic) bond motifs is 1. The zero-order valence-corrected chi connectivity index (χ0v) is 13.5. The van der Waals surface area contributed by atoms with Crippen LogP contribution in [-0.4, -0.2) is 29.8 Å². The fourth-order valence-electron chi connectivity index (χ4n) is 2.81. The Labute approximate surface area is 130 Å². The van der Waals surface area contributed by atoms with Gasteiger partial charge in [-0.1, -0.05) is 39.8 Å². The average Bonchev–Trinajstić information content (AvgIpc) is 2.89. The van der Waals surface area contributed by atoms with Crippen LogP contribution in [0.4, 0.5) is 4.39 Å². The molecule has 0 radical (unpaired) electrons. The van der Waals surface area contributed by atoms with E-state index in [-0.39, 0.29) is 17.6 Å². The van der Waals surface area contributed by atoms with Gasteiger partial charge in [-0.05, 0) is 12.0 Å². The van der Waals surface area contributed by atoms with Gasteiger partial charge in [-0.25, -0.2) is 4.39 Å². The van der Waals surface area contributed by atoms with Crippen molar-refractivity contribution in [3.8, 4) is 5.75 Å². The Hall–Kier alpha value is -1.62. The van der Waals surface area contributed by atoms with Crippen molar-refractivity contribution < 1.29 is 19.0 Å². The molecule has 22 heavy (non-hydrogen) atoms. The van der Waals surface area contributed by atoms with Gasteiger partial charge < -0.3 is 15.2 Å². The smallest absolute Gasteiger partial charge is 0.261 e. The molecule has 1 aromatic carbocycles. The minimum atomic E-state index is -0.709. The van der Waals surface area contributed by atoms with Gasteiger partial charge in [0.15, 0.2) is 17.7 Å². The molecule has 1 heterocycles. The van der Waals surface area contributed by atoms with Gasteiger partial charge in [0.25, 0.3) is 5.91 Å². The Morgan fingerprint density at radius 3 is 2.77 bits per heavy atom. The van der Waals surface area contributed by atoms with E-state index in [1.54, 1.807) is 12.1 Å². The number of hydrogen-bond donors (Lipinski definition) is 2. The number of rotatable bonds is 5. The largest absolute Gasteiger partial charge is 0.477 e. The molecule has 0 aliphatic carbocycles. The molecule has 122 valence electrons. The van der Waals surface area contributed by atoms with Crippen molar-refractivity contribution >= 4 is 5.91 Å². The van der Waals surface area contributed by atoms with Gasteiger partial charge >= 0.3 is 0 Å². The van der Waals surface area contributed by atoms with Gasteiger partial charge in [-0.15, -0.1) is 0 Å². The van der Waals surface area contributed by atoms with E-state index in [9.17, 15) is 14.3 Å². The van der Waals surface area contributed by atoms with E-state index in [2.05, 4.69) is 5.32 Å². The number of aliphatic hydroxyl groups excluding tert-OH is 1. The summed E-state index contributed by atoms with van der Waals surface area (Å²) in [6.07, 6.45) is -0.864. The summed E-state index contributed by atoms with van der Waals surface area (Å²) in [6.45, 7) is 8.02. The highest BCUT2D eigenvalue weighted by Crippen LogP contribution is 2.31. The molecule has 0 aromatic heterocycles. The first kappa shape index (κ1) is 16.7. The molecule has 1 amide bonds. The summed E-state index contributed by atoms with van der Waals surface area (Å²) in [5.74, 6) is -0.444. The van der Waals surface area contributed by atoms with Crippen molar-refractivity contribution in [3.63, 3.8) is 0 Å². The second-order valence-corrected chi connectivity index (χ2v) is 6.93. The molecule has 2 atom stereocenters. The Bertz CT molecular complexity index is 557. The molecule has 1 aliphatic heterocycles. The van der Waals surface area contributed by atoms with E-state index in [0.29, 0.717) is 18.5 Å². The predicted octanol–water partition coefficient (Wildman–Crippen LogP) is 2.29. The van der Waals surface area contributed by atoms with Crippen LogP contribution in [0.1, 0.15) is 33.3 Å². The van der Waals surface area contributed by atoms with Crippen LogP contribution in [0, 0.1) is 17.2 Å². The molecular formula is C17H24FNO3. The number of halogens is 1. The van der Waals surface area contributed by atoms with Crippen molar-refractivity contribution in [2.24, 2.45) is 11.3 Å². The van der Waals surface area contributed by atoms with E-state index in [0.717, 1.165) is 0 Å². The van der Waals surface area contributed by atoms with Crippen LogP contribution < -0.4 is 10.1 Å².